The highest BCUT2D eigenvalue weighted by Crippen LogP contribution is 2.20. The third kappa shape index (κ3) is 3.01. The number of aliphatic hydroxyl groups is 1. The Labute approximate surface area is 111 Å². The lowest BCUT2D eigenvalue weighted by atomic mass is 10.1. The van der Waals surface area contributed by atoms with E-state index in [0.717, 1.165) is 5.56 Å². The number of ether oxygens (including phenoxy) is 1. The molecule has 0 radical (unpaired) electrons. The summed E-state index contributed by atoms with van der Waals surface area (Å²) in [5.41, 5.74) is 1.11. The Morgan fingerprint density at radius 3 is 2.37 bits per heavy atom. The minimum absolute atomic E-state index is 0.310. The lowest BCUT2D eigenvalue weighted by Crippen LogP contribution is -2.05. The number of carbonyl (C=O) groups is 1. The molecule has 0 aliphatic heterocycles. The van der Waals surface area contributed by atoms with Crippen LogP contribution in [0.1, 0.15) is 15.9 Å². The summed E-state index contributed by atoms with van der Waals surface area (Å²) >= 11 is 0. The fourth-order valence-electron chi connectivity index (χ4n) is 1.74. The highest BCUT2D eigenvalue weighted by molar-refractivity contribution is 6.11. The average molecular weight is 254 g/mol. The number of ketones is 1. The van der Waals surface area contributed by atoms with Crippen LogP contribution in [-0.2, 0) is 0 Å². The molecular weight excluding hydrogens is 240 g/mol. The van der Waals surface area contributed by atoms with Crippen LogP contribution in [0.3, 0.4) is 0 Å². The quantitative estimate of drug-likeness (QED) is 0.516. The first-order chi connectivity index (χ1) is 9.22. The standard InChI is InChI=1S/C16H14O3/c1-19-15-10-6-5-9-13(15)16(18)14(17)11-12-7-3-2-4-8-12/h2-11,17H,1H3. The molecule has 96 valence electrons. The molecule has 3 nitrogen and oxygen atoms in total. The number of carbonyl (C=O) groups excluding carboxylic acids is 1. The fourth-order valence-corrected chi connectivity index (χ4v) is 1.74. The number of methoxy groups -OCH3 is 1. The summed E-state index contributed by atoms with van der Waals surface area (Å²) in [7, 11) is 1.49. The predicted octanol–water partition coefficient (Wildman–Crippen LogP) is 3.48. The van der Waals surface area contributed by atoms with Gasteiger partial charge in [-0.05, 0) is 23.8 Å². The maximum absolute atomic E-state index is 12.1. The third-order valence-electron chi connectivity index (χ3n) is 2.69. The van der Waals surface area contributed by atoms with Gasteiger partial charge in [-0.1, -0.05) is 42.5 Å². The van der Waals surface area contributed by atoms with E-state index in [1.807, 2.05) is 30.3 Å². The van der Waals surface area contributed by atoms with Crippen molar-refractivity contribution in [3.8, 4) is 5.75 Å². The van der Waals surface area contributed by atoms with E-state index in [0.29, 0.717) is 11.3 Å². The lowest BCUT2D eigenvalue weighted by molar-refractivity contribution is 0.0977. The van der Waals surface area contributed by atoms with E-state index in [1.165, 1.54) is 13.2 Å². The molecule has 2 rings (SSSR count). The number of allylic oxidation sites excluding steroid dienone is 1. The Kier molecular flexibility index (Phi) is 3.98. The fraction of sp³-hybridized carbons (Fsp3) is 0.0625. The van der Waals surface area contributed by atoms with E-state index in [-0.39, 0.29) is 5.76 Å². The van der Waals surface area contributed by atoms with E-state index < -0.39 is 5.78 Å². The zero-order chi connectivity index (χ0) is 13.7. The van der Waals surface area contributed by atoms with Gasteiger partial charge in [0, 0.05) is 0 Å². The summed E-state index contributed by atoms with van der Waals surface area (Å²) in [5, 5.41) is 9.90. The molecule has 2 aromatic carbocycles. The first kappa shape index (κ1) is 12.9. The number of benzene rings is 2. The molecule has 1 N–H and O–H groups in total. The van der Waals surface area contributed by atoms with Gasteiger partial charge < -0.3 is 9.84 Å². The molecule has 3 heteroatoms. The van der Waals surface area contributed by atoms with Crippen molar-refractivity contribution >= 4 is 11.9 Å². The minimum Gasteiger partial charge on any atom is -0.504 e. The molecule has 0 aliphatic rings. The molecular formula is C16H14O3. The predicted molar refractivity (Wildman–Crippen MR) is 74.4 cm³/mol. The number of aliphatic hydroxyl groups excluding tert-OH is 1. The Bertz CT molecular complexity index is 600. The van der Waals surface area contributed by atoms with Crippen LogP contribution in [0.15, 0.2) is 60.4 Å². The second-order valence-electron chi connectivity index (χ2n) is 3.97. The van der Waals surface area contributed by atoms with E-state index >= 15 is 0 Å². The second kappa shape index (κ2) is 5.87. The minimum atomic E-state index is -0.457. The van der Waals surface area contributed by atoms with Gasteiger partial charge in [0.05, 0.1) is 12.7 Å². The van der Waals surface area contributed by atoms with Crippen molar-refractivity contribution in [1.29, 1.82) is 0 Å². The summed E-state index contributed by atoms with van der Waals surface area (Å²) in [4.78, 5) is 12.1. The Balaban J connectivity index is 2.31. The van der Waals surface area contributed by atoms with Crippen LogP contribution in [0.2, 0.25) is 0 Å². The molecule has 0 bridgehead atoms. The van der Waals surface area contributed by atoms with Gasteiger partial charge in [0.15, 0.2) is 5.76 Å². The first-order valence-electron chi connectivity index (χ1n) is 5.86. The molecule has 0 saturated heterocycles. The summed E-state index contributed by atoms with van der Waals surface area (Å²) in [6, 6.07) is 16.0. The SMILES string of the molecule is COc1ccccc1C(=O)C(O)=Cc1ccccc1. The zero-order valence-electron chi connectivity index (χ0n) is 10.5. The molecule has 0 aliphatic carbocycles. The van der Waals surface area contributed by atoms with Crippen LogP contribution in [0.25, 0.3) is 6.08 Å². The molecule has 19 heavy (non-hydrogen) atoms. The van der Waals surface area contributed by atoms with Crippen LogP contribution in [-0.4, -0.2) is 18.0 Å². The number of rotatable bonds is 4. The van der Waals surface area contributed by atoms with Gasteiger partial charge in [-0.2, -0.15) is 0 Å². The first-order valence-corrected chi connectivity index (χ1v) is 5.86. The molecule has 0 fully saturated rings. The van der Waals surface area contributed by atoms with E-state index in [4.69, 9.17) is 4.74 Å². The van der Waals surface area contributed by atoms with Crippen molar-refractivity contribution < 1.29 is 14.6 Å². The normalized spacial score (nSPS) is 11.1. The van der Waals surface area contributed by atoms with Crippen LogP contribution >= 0.6 is 0 Å². The van der Waals surface area contributed by atoms with Crippen LogP contribution < -0.4 is 4.74 Å². The average Bonchev–Trinajstić information content (AvgIpc) is 2.47. The van der Waals surface area contributed by atoms with Gasteiger partial charge in [-0.3, -0.25) is 4.79 Å². The molecule has 0 spiro atoms. The smallest absolute Gasteiger partial charge is 0.231 e. The van der Waals surface area contributed by atoms with E-state index in [1.54, 1.807) is 24.3 Å². The zero-order valence-corrected chi connectivity index (χ0v) is 10.5. The highest BCUT2D eigenvalue weighted by atomic mass is 16.5. The van der Waals surface area contributed by atoms with E-state index in [9.17, 15) is 9.90 Å². The number of hydrogen-bond acceptors (Lipinski definition) is 3. The van der Waals surface area contributed by atoms with Gasteiger partial charge in [0.1, 0.15) is 5.75 Å². The van der Waals surface area contributed by atoms with Crippen molar-refractivity contribution in [1.82, 2.24) is 0 Å². The number of hydrogen-bond donors (Lipinski definition) is 1. The Morgan fingerprint density at radius 1 is 1.05 bits per heavy atom. The molecule has 0 atom stereocenters. The topological polar surface area (TPSA) is 46.5 Å². The highest BCUT2D eigenvalue weighted by Gasteiger charge is 2.15. The van der Waals surface area contributed by atoms with Gasteiger partial charge >= 0.3 is 0 Å². The van der Waals surface area contributed by atoms with Gasteiger partial charge in [0.25, 0.3) is 0 Å². The molecule has 0 unspecified atom stereocenters. The number of para-hydroxylation sites is 1. The molecule has 2 aromatic rings. The lowest BCUT2D eigenvalue weighted by Gasteiger charge is -2.06. The van der Waals surface area contributed by atoms with Crippen LogP contribution in [0.5, 0.6) is 5.75 Å². The van der Waals surface area contributed by atoms with Crippen LogP contribution in [0, 0.1) is 0 Å². The molecule has 0 saturated carbocycles. The summed E-state index contributed by atoms with van der Waals surface area (Å²) in [6.45, 7) is 0. The van der Waals surface area contributed by atoms with Crippen molar-refractivity contribution in [3.63, 3.8) is 0 Å². The van der Waals surface area contributed by atoms with Crippen molar-refractivity contribution in [3.05, 3.63) is 71.5 Å². The van der Waals surface area contributed by atoms with Crippen molar-refractivity contribution in [2.45, 2.75) is 0 Å². The summed E-state index contributed by atoms with van der Waals surface area (Å²) in [6.07, 6.45) is 1.44. The van der Waals surface area contributed by atoms with Crippen molar-refractivity contribution in [2.24, 2.45) is 0 Å². The Hall–Kier alpha value is -2.55. The van der Waals surface area contributed by atoms with E-state index in [2.05, 4.69) is 0 Å². The molecule has 0 aromatic heterocycles. The molecule has 0 amide bonds. The van der Waals surface area contributed by atoms with Gasteiger partial charge in [-0.15, -0.1) is 0 Å². The van der Waals surface area contributed by atoms with Crippen molar-refractivity contribution in [2.75, 3.05) is 7.11 Å². The second-order valence-corrected chi connectivity index (χ2v) is 3.97. The summed E-state index contributed by atoms with van der Waals surface area (Å²) < 4.78 is 5.11. The van der Waals surface area contributed by atoms with Gasteiger partial charge in [-0.25, -0.2) is 0 Å². The largest absolute Gasteiger partial charge is 0.504 e. The monoisotopic (exact) mass is 254 g/mol. The van der Waals surface area contributed by atoms with Gasteiger partial charge in [0.2, 0.25) is 5.78 Å². The number of Topliss-reactive ketones (excluding diaryl/α,β-unsaturated/α-hetero) is 1. The molecule has 0 heterocycles. The Morgan fingerprint density at radius 2 is 1.68 bits per heavy atom. The maximum Gasteiger partial charge on any atom is 0.231 e. The summed E-state index contributed by atoms with van der Waals surface area (Å²) in [5.74, 6) is -0.322. The third-order valence-corrected chi connectivity index (χ3v) is 2.69. The maximum atomic E-state index is 12.1. The van der Waals surface area contributed by atoms with Crippen LogP contribution in [0.4, 0.5) is 0 Å².